The minimum Gasteiger partial charge on any atom is -0.495 e. The van der Waals surface area contributed by atoms with E-state index < -0.39 is 12.0 Å². The average Bonchev–Trinajstić information content (AvgIpc) is 2.83. The van der Waals surface area contributed by atoms with Crippen LogP contribution in [-0.4, -0.2) is 38.8 Å². The number of aromatic nitrogens is 3. The van der Waals surface area contributed by atoms with Crippen LogP contribution in [0.25, 0.3) is 6.08 Å². The van der Waals surface area contributed by atoms with Crippen LogP contribution in [0.15, 0.2) is 54.7 Å². The highest BCUT2D eigenvalue weighted by Crippen LogP contribution is 2.33. The first-order chi connectivity index (χ1) is 16.4. The molecule has 0 spiro atoms. The van der Waals surface area contributed by atoms with Gasteiger partial charge in [-0.3, -0.25) is 9.59 Å². The topological polar surface area (TPSA) is 133 Å². The number of methoxy groups -OCH3 is 1. The number of benzene rings is 2. The summed E-state index contributed by atoms with van der Waals surface area (Å²) in [6, 6.07) is 14.4. The summed E-state index contributed by atoms with van der Waals surface area (Å²) in [7, 11) is 1.56. The van der Waals surface area contributed by atoms with Gasteiger partial charge in [-0.25, -0.2) is 0 Å². The van der Waals surface area contributed by atoms with Crippen LogP contribution in [-0.2, 0) is 20.9 Å². The summed E-state index contributed by atoms with van der Waals surface area (Å²) >= 11 is 0. The molecule has 0 bridgehead atoms. The maximum absolute atomic E-state index is 12.7. The molecule has 0 radical (unpaired) electrons. The lowest BCUT2D eigenvalue weighted by atomic mass is 9.94. The molecule has 1 amide bonds. The van der Waals surface area contributed by atoms with Gasteiger partial charge in [-0.15, -0.1) is 0 Å². The number of anilines is 3. The number of carbonyl (C=O) groups excluding carboxylic acids is 2. The fourth-order valence-electron chi connectivity index (χ4n) is 3.70. The maximum Gasteiger partial charge on any atom is 0.308 e. The average molecular weight is 460 g/mol. The molecule has 1 atom stereocenters. The van der Waals surface area contributed by atoms with Gasteiger partial charge >= 0.3 is 5.97 Å². The zero-order chi connectivity index (χ0) is 24.1. The first kappa shape index (κ1) is 22.7. The summed E-state index contributed by atoms with van der Waals surface area (Å²) in [6.07, 6.45) is 3.52. The second-order valence-electron chi connectivity index (χ2n) is 7.51. The molecule has 0 saturated heterocycles. The fraction of sp³-hybridized carbons (Fsp3) is 0.208. The summed E-state index contributed by atoms with van der Waals surface area (Å²) in [5, 5.41) is 3.03. The van der Waals surface area contributed by atoms with Crippen LogP contribution in [0, 0.1) is 0 Å². The molecule has 1 aromatic heterocycles. The lowest BCUT2D eigenvalue weighted by molar-refractivity contribution is -0.147. The van der Waals surface area contributed by atoms with Crippen LogP contribution in [0.4, 0.5) is 17.6 Å². The van der Waals surface area contributed by atoms with Gasteiger partial charge in [0.1, 0.15) is 5.75 Å². The monoisotopic (exact) mass is 460 g/mol. The SMILES string of the molecule is COc1ccccc1Nc1nc(N)nc(COC(=O)CC2c3ccccc3C=CN2C(C)=O)n1. The number of hydrogen-bond acceptors (Lipinski definition) is 9. The standard InChI is InChI=1S/C24H24N6O4/c1-15(31)30-12-11-16-7-3-4-8-17(16)19(30)13-22(32)34-14-21-27-23(25)29-24(28-21)26-18-9-5-6-10-20(18)33-2/h3-12,19H,13-14H2,1-2H3,(H3,25,26,27,28,29). The smallest absolute Gasteiger partial charge is 0.308 e. The number of fused-ring (bicyclic) bond motifs is 1. The second-order valence-corrected chi connectivity index (χ2v) is 7.51. The summed E-state index contributed by atoms with van der Waals surface area (Å²) in [6.45, 7) is 1.26. The van der Waals surface area contributed by atoms with Crippen LogP contribution in [0.5, 0.6) is 5.75 Å². The Morgan fingerprint density at radius 1 is 1.09 bits per heavy atom. The zero-order valence-electron chi connectivity index (χ0n) is 18.8. The van der Waals surface area contributed by atoms with E-state index in [1.807, 2.05) is 42.5 Å². The van der Waals surface area contributed by atoms with E-state index in [9.17, 15) is 9.59 Å². The van der Waals surface area contributed by atoms with Gasteiger partial charge in [0.2, 0.25) is 17.8 Å². The van der Waals surface area contributed by atoms with Crippen molar-refractivity contribution in [1.82, 2.24) is 19.9 Å². The molecular formula is C24H24N6O4. The summed E-state index contributed by atoms with van der Waals surface area (Å²) < 4.78 is 10.7. The normalized spacial score (nSPS) is 14.3. The molecule has 34 heavy (non-hydrogen) atoms. The van der Waals surface area contributed by atoms with Crippen molar-refractivity contribution >= 4 is 35.5 Å². The molecular weight excluding hydrogens is 436 g/mol. The van der Waals surface area contributed by atoms with Crippen LogP contribution in [0.2, 0.25) is 0 Å². The Balaban J connectivity index is 1.45. The van der Waals surface area contributed by atoms with Gasteiger partial charge in [0.25, 0.3) is 0 Å². The van der Waals surface area contributed by atoms with Gasteiger partial charge in [0.05, 0.1) is 25.3 Å². The Hall–Kier alpha value is -4.47. The first-order valence-corrected chi connectivity index (χ1v) is 10.6. The molecule has 174 valence electrons. The summed E-state index contributed by atoms with van der Waals surface area (Å²) in [4.78, 5) is 38.7. The molecule has 0 aliphatic carbocycles. The predicted molar refractivity (Wildman–Crippen MR) is 126 cm³/mol. The van der Waals surface area contributed by atoms with Gasteiger partial charge in [0.15, 0.2) is 12.4 Å². The number of hydrogen-bond donors (Lipinski definition) is 2. The number of nitrogens with one attached hydrogen (secondary N) is 1. The minimum atomic E-state index is -0.500. The summed E-state index contributed by atoms with van der Waals surface area (Å²) in [5.74, 6) is 0.294. The molecule has 3 aromatic rings. The number of amides is 1. The van der Waals surface area contributed by atoms with Crippen LogP contribution >= 0.6 is 0 Å². The van der Waals surface area contributed by atoms with E-state index in [0.29, 0.717) is 11.4 Å². The van der Waals surface area contributed by atoms with Gasteiger partial charge in [-0.05, 0) is 29.3 Å². The second kappa shape index (κ2) is 9.99. The van der Waals surface area contributed by atoms with E-state index in [2.05, 4.69) is 20.3 Å². The molecule has 1 aliphatic heterocycles. The lowest BCUT2D eigenvalue weighted by Gasteiger charge is -2.32. The van der Waals surface area contributed by atoms with E-state index in [4.69, 9.17) is 15.2 Å². The van der Waals surface area contributed by atoms with Gasteiger partial charge < -0.3 is 25.4 Å². The number of nitrogen functional groups attached to an aromatic ring is 1. The van der Waals surface area contributed by atoms with Crippen molar-refractivity contribution in [2.24, 2.45) is 0 Å². The van der Waals surface area contributed by atoms with E-state index in [-0.39, 0.29) is 36.7 Å². The molecule has 3 N–H and O–H groups in total. The molecule has 4 rings (SSSR count). The Morgan fingerprint density at radius 2 is 1.85 bits per heavy atom. The highest BCUT2D eigenvalue weighted by Gasteiger charge is 2.28. The Kier molecular flexibility index (Phi) is 6.67. The largest absolute Gasteiger partial charge is 0.495 e. The third kappa shape index (κ3) is 5.12. The predicted octanol–water partition coefficient (Wildman–Crippen LogP) is 3.21. The number of nitrogens with zero attached hydrogens (tertiary/aromatic N) is 4. The van der Waals surface area contributed by atoms with Crippen molar-refractivity contribution < 1.29 is 19.1 Å². The lowest BCUT2D eigenvalue weighted by Crippen LogP contribution is -2.32. The fourth-order valence-corrected chi connectivity index (χ4v) is 3.70. The first-order valence-electron chi connectivity index (χ1n) is 10.6. The summed E-state index contributed by atoms with van der Waals surface area (Å²) in [5.41, 5.74) is 8.30. The molecule has 0 fully saturated rings. The molecule has 1 unspecified atom stereocenters. The number of para-hydroxylation sites is 2. The van der Waals surface area contributed by atoms with Crippen molar-refractivity contribution in [2.75, 3.05) is 18.2 Å². The number of rotatable bonds is 7. The number of nitrogens with two attached hydrogens (primary N) is 1. The third-order valence-electron chi connectivity index (χ3n) is 5.24. The highest BCUT2D eigenvalue weighted by molar-refractivity contribution is 5.80. The van der Waals surface area contributed by atoms with Crippen molar-refractivity contribution in [3.05, 3.63) is 71.7 Å². The maximum atomic E-state index is 12.7. The minimum absolute atomic E-state index is 0.0200. The van der Waals surface area contributed by atoms with E-state index >= 15 is 0 Å². The van der Waals surface area contributed by atoms with Crippen molar-refractivity contribution in [1.29, 1.82) is 0 Å². The van der Waals surface area contributed by atoms with Crippen molar-refractivity contribution in [3.63, 3.8) is 0 Å². The van der Waals surface area contributed by atoms with Gasteiger partial charge in [-0.1, -0.05) is 36.4 Å². The zero-order valence-corrected chi connectivity index (χ0v) is 18.8. The Labute approximate surface area is 196 Å². The molecule has 10 nitrogen and oxygen atoms in total. The number of carbonyl (C=O) groups is 2. The Morgan fingerprint density at radius 3 is 2.65 bits per heavy atom. The highest BCUT2D eigenvalue weighted by atomic mass is 16.5. The van der Waals surface area contributed by atoms with Crippen LogP contribution < -0.4 is 15.8 Å². The molecule has 0 saturated carbocycles. The van der Waals surface area contributed by atoms with E-state index in [1.54, 1.807) is 25.4 Å². The van der Waals surface area contributed by atoms with Crippen LogP contribution in [0.1, 0.15) is 36.3 Å². The van der Waals surface area contributed by atoms with Gasteiger partial charge in [0, 0.05) is 13.1 Å². The van der Waals surface area contributed by atoms with Crippen molar-refractivity contribution in [2.45, 2.75) is 26.0 Å². The number of ether oxygens (including phenoxy) is 2. The van der Waals surface area contributed by atoms with E-state index in [1.165, 1.54) is 11.8 Å². The Bertz CT molecular complexity index is 1250. The van der Waals surface area contributed by atoms with E-state index in [0.717, 1.165) is 11.1 Å². The van der Waals surface area contributed by atoms with Crippen LogP contribution in [0.3, 0.4) is 0 Å². The third-order valence-corrected chi connectivity index (χ3v) is 5.24. The molecule has 2 heterocycles. The van der Waals surface area contributed by atoms with Gasteiger partial charge in [-0.2, -0.15) is 15.0 Å². The number of esters is 1. The van der Waals surface area contributed by atoms with Crippen molar-refractivity contribution in [3.8, 4) is 5.75 Å². The molecule has 10 heteroatoms. The molecule has 2 aromatic carbocycles. The quantitative estimate of drug-likeness (QED) is 0.510. The molecule has 1 aliphatic rings.